The Hall–Kier alpha value is -3.88. The van der Waals surface area contributed by atoms with Gasteiger partial charge in [-0.05, 0) is 36.1 Å². The maximum absolute atomic E-state index is 12.6. The molecule has 3 rings (SSSR count). The van der Waals surface area contributed by atoms with Crippen LogP contribution in [-0.2, 0) is 22.4 Å². The van der Waals surface area contributed by atoms with Crippen LogP contribution in [0.4, 0.5) is 5.69 Å². The van der Waals surface area contributed by atoms with E-state index < -0.39 is 47.3 Å². The molecule has 0 unspecified atom stereocenters. The van der Waals surface area contributed by atoms with E-state index in [-0.39, 0.29) is 11.1 Å². The van der Waals surface area contributed by atoms with Crippen molar-refractivity contribution in [1.82, 2.24) is 4.90 Å². The van der Waals surface area contributed by atoms with E-state index in [4.69, 9.17) is 4.74 Å². The summed E-state index contributed by atoms with van der Waals surface area (Å²) in [6, 6.07) is 9.24. The predicted molar refractivity (Wildman–Crippen MR) is 109 cm³/mol. The van der Waals surface area contributed by atoms with Crippen LogP contribution < -0.4 is 0 Å². The quantitative estimate of drug-likeness (QED) is 0.210. The van der Waals surface area contributed by atoms with Crippen LogP contribution in [0.25, 0.3) is 0 Å². The maximum atomic E-state index is 12.6. The van der Waals surface area contributed by atoms with Gasteiger partial charge in [-0.1, -0.05) is 32.0 Å². The van der Waals surface area contributed by atoms with Crippen molar-refractivity contribution < 1.29 is 28.8 Å². The Morgan fingerprint density at radius 3 is 2.45 bits per heavy atom. The zero-order valence-electron chi connectivity index (χ0n) is 17.0. The molecule has 1 aliphatic heterocycles. The standard InChI is InChI=1S/C22H20N2O7/c1-3-13-8-9-14(4-2)16(10-13)18(25)12-31-19(26)11-23-21(27)15-6-5-7-17(24(29)30)20(15)22(23)28/h5-10H,3-4,11-12H2,1-2H3. The van der Waals surface area contributed by atoms with E-state index in [9.17, 15) is 29.3 Å². The van der Waals surface area contributed by atoms with E-state index in [2.05, 4.69) is 0 Å². The summed E-state index contributed by atoms with van der Waals surface area (Å²) in [5.74, 6) is -3.12. The summed E-state index contributed by atoms with van der Waals surface area (Å²) in [7, 11) is 0. The topological polar surface area (TPSA) is 124 Å². The smallest absolute Gasteiger partial charge is 0.326 e. The van der Waals surface area contributed by atoms with Crippen molar-refractivity contribution in [2.75, 3.05) is 13.2 Å². The Morgan fingerprint density at radius 2 is 1.81 bits per heavy atom. The summed E-state index contributed by atoms with van der Waals surface area (Å²) < 4.78 is 5.00. The monoisotopic (exact) mass is 424 g/mol. The number of ether oxygens (including phenoxy) is 1. The van der Waals surface area contributed by atoms with Gasteiger partial charge in [0.2, 0.25) is 5.78 Å². The molecule has 0 fully saturated rings. The number of ketones is 1. The molecular weight excluding hydrogens is 404 g/mol. The number of imide groups is 1. The molecule has 1 aliphatic rings. The van der Waals surface area contributed by atoms with E-state index in [0.717, 1.165) is 23.6 Å². The Kier molecular flexibility index (Phi) is 6.24. The molecule has 1 heterocycles. The van der Waals surface area contributed by atoms with Crippen molar-refractivity contribution in [3.8, 4) is 0 Å². The van der Waals surface area contributed by atoms with Gasteiger partial charge >= 0.3 is 5.97 Å². The van der Waals surface area contributed by atoms with Gasteiger partial charge in [-0.2, -0.15) is 0 Å². The van der Waals surface area contributed by atoms with Gasteiger partial charge < -0.3 is 4.74 Å². The van der Waals surface area contributed by atoms with E-state index in [1.807, 2.05) is 26.0 Å². The first-order chi connectivity index (χ1) is 14.8. The van der Waals surface area contributed by atoms with Crippen molar-refractivity contribution in [1.29, 1.82) is 0 Å². The molecule has 0 atom stereocenters. The number of rotatable bonds is 8. The Bertz CT molecular complexity index is 1110. The molecule has 0 N–H and O–H groups in total. The predicted octanol–water partition coefficient (Wildman–Crippen LogP) is 2.74. The van der Waals surface area contributed by atoms with E-state index in [1.54, 1.807) is 6.07 Å². The highest BCUT2D eigenvalue weighted by Gasteiger charge is 2.42. The lowest BCUT2D eigenvalue weighted by atomic mass is 9.98. The lowest BCUT2D eigenvalue weighted by Gasteiger charge is -2.13. The third-order valence-electron chi connectivity index (χ3n) is 5.09. The molecule has 0 aliphatic carbocycles. The normalized spacial score (nSPS) is 12.6. The molecule has 0 radical (unpaired) electrons. The number of aryl methyl sites for hydroxylation is 2. The van der Waals surface area contributed by atoms with Crippen molar-refractivity contribution in [2.45, 2.75) is 26.7 Å². The molecule has 0 aromatic heterocycles. The highest BCUT2D eigenvalue weighted by Crippen LogP contribution is 2.30. The van der Waals surface area contributed by atoms with Gasteiger partial charge in [0.15, 0.2) is 6.61 Å². The third kappa shape index (κ3) is 4.20. The zero-order valence-corrected chi connectivity index (χ0v) is 17.0. The van der Waals surface area contributed by atoms with Crippen LogP contribution in [0.15, 0.2) is 36.4 Å². The summed E-state index contributed by atoms with van der Waals surface area (Å²) >= 11 is 0. The first-order valence-electron chi connectivity index (χ1n) is 9.72. The minimum Gasteiger partial charge on any atom is -0.456 e. The van der Waals surface area contributed by atoms with Crippen molar-refractivity contribution in [3.05, 3.63) is 74.3 Å². The average Bonchev–Trinajstić information content (AvgIpc) is 3.01. The molecule has 31 heavy (non-hydrogen) atoms. The summed E-state index contributed by atoms with van der Waals surface area (Å²) in [5.41, 5.74) is 1.25. The molecule has 2 amide bonds. The molecule has 9 heteroatoms. The van der Waals surface area contributed by atoms with Crippen molar-refractivity contribution >= 4 is 29.3 Å². The number of nitrogens with zero attached hydrogens (tertiary/aromatic N) is 2. The molecule has 0 saturated heterocycles. The first kappa shape index (κ1) is 21.8. The fourth-order valence-electron chi connectivity index (χ4n) is 3.42. The summed E-state index contributed by atoms with van der Waals surface area (Å²) in [6.07, 6.45) is 1.38. The number of carbonyl (C=O) groups excluding carboxylic acids is 4. The first-order valence-corrected chi connectivity index (χ1v) is 9.72. The SMILES string of the molecule is CCc1ccc(CC)c(C(=O)COC(=O)CN2C(=O)c3cccc([N+](=O)[O-])c3C2=O)c1. The zero-order chi connectivity index (χ0) is 22.7. The minimum absolute atomic E-state index is 0.146. The fraction of sp³-hybridized carbons (Fsp3) is 0.273. The van der Waals surface area contributed by atoms with Gasteiger partial charge in [-0.25, -0.2) is 0 Å². The highest BCUT2D eigenvalue weighted by atomic mass is 16.6. The van der Waals surface area contributed by atoms with Crippen LogP contribution in [0.5, 0.6) is 0 Å². The Morgan fingerprint density at radius 1 is 1.06 bits per heavy atom. The molecule has 0 saturated carbocycles. The second kappa shape index (κ2) is 8.86. The number of Topliss-reactive ketones (excluding diaryl/α,β-unsaturated/α-hetero) is 1. The molecule has 0 spiro atoms. The lowest BCUT2D eigenvalue weighted by molar-refractivity contribution is -0.385. The molecule has 2 aromatic carbocycles. The minimum atomic E-state index is -0.963. The van der Waals surface area contributed by atoms with Gasteiger partial charge in [0, 0.05) is 11.6 Å². The molecule has 9 nitrogen and oxygen atoms in total. The van der Waals surface area contributed by atoms with Gasteiger partial charge in [-0.15, -0.1) is 0 Å². The van der Waals surface area contributed by atoms with Crippen LogP contribution in [0, 0.1) is 10.1 Å². The number of carbonyl (C=O) groups is 4. The number of benzene rings is 2. The van der Waals surface area contributed by atoms with Crippen LogP contribution in [0.1, 0.15) is 56.0 Å². The number of hydrogen-bond donors (Lipinski definition) is 0. The Balaban J connectivity index is 1.69. The van der Waals surface area contributed by atoms with Crippen LogP contribution in [0.2, 0.25) is 0 Å². The molecular formula is C22H20N2O7. The summed E-state index contributed by atoms with van der Waals surface area (Å²) in [5, 5.41) is 11.1. The van der Waals surface area contributed by atoms with Crippen LogP contribution in [0.3, 0.4) is 0 Å². The van der Waals surface area contributed by atoms with Gasteiger partial charge in [0.25, 0.3) is 17.5 Å². The van der Waals surface area contributed by atoms with E-state index >= 15 is 0 Å². The van der Waals surface area contributed by atoms with Gasteiger partial charge in [-0.3, -0.25) is 34.2 Å². The number of nitro benzene ring substituents is 1. The third-order valence-corrected chi connectivity index (χ3v) is 5.09. The molecule has 2 aromatic rings. The van der Waals surface area contributed by atoms with Crippen LogP contribution in [-0.4, -0.2) is 46.5 Å². The number of fused-ring (bicyclic) bond motifs is 1. The lowest BCUT2D eigenvalue weighted by Crippen LogP contribution is -2.36. The number of amides is 2. The van der Waals surface area contributed by atoms with Crippen molar-refractivity contribution in [2.24, 2.45) is 0 Å². The van der Waals surface area contributed by atoms with Crippen LogP contribution >= 0.6 is 0 Å². The summed E-state index contributed by atoms with van der Waals surface area (Å²) in [6.45, 7) is 2.58. The van der Waals surface area contributed by atoms with E-state index in [0.29, 0.717) is 16.9 Å². The number of nitro groups is 1. The van der Waals surface area contributed by atoms with Gasteiger partial charge in [0.05, 0.1) is 10.5 Å². The average molecular weight is 424 g/mol. The fourth-order valence-corrected chi connectivity index (χ4v) is 3.42. The largest absolute Gasteiger partial charge is 0.456 e. The summed E-state index contributed by atoms with van der Waals surface area (Å²) in [4.78, 5) is 60.7. The highest BCUT2D eigenvalue weighted by molar-refractivity contribution is 6.24. The maximum Gasteiger partial charge on any atom is 0.326 e. The second-order valence-electron chi connectivity index (χ2n) is 6.94. The number of esters is 1. The second-order valence-corrected chi connectivity index (χ2v) is 6.94. The van der Waals surface area contributed by atoms with Gasteiger partial charge in [0.1, 0.15) is 12.1 Å². The molecule has 160 valence electrons. The molecule has 0 bridgehead atoms. The van der Waals surface area contributed by atoms with E-state index in [1.165, 1.54) is 12.1 Å². The van der Waals surface area contributed by atoms with Crippen molar-refractivity contribution in [3.63, 3.8) is 0 Å². The Labute approximate surface area is 177 Å². The number of hydrogen-bond acceptors (Lipinski definition) is 7.